The van der Waals surface area contributed by atoms with Crippen molar-refractivity contribution in [3.8, 4) is 0 Å². The van der Waals surface area contributed by atoms with Gasteiger partial charge in [0.25, 0.3) is 0 Å². The number of hydrogen-bond acceptors (Lipinski definition) is 9. The van der Waals surface area contributed by atoms with Crippen LogP contribution in [0.4, 0.5) is 5.82 Å². The number of aromatic nitrogens is 4. The Morgan fingerprint density at radius 2 is 2.04 bits per heavy atom. The smallest absolute Gasteiger partial charge is 0.167 e. The number of aliphatic hydroxyl groups excluding tert-OH is 1. The minimum Gasteiger partial charge on any atom is -0.395 e. The molecule has 0 bridgehead atoms. The number of rotatable bonds is 5. The second kappa shape index (κ2) is 6.39. The number of aliphatic hydroxyl groups is 1. The molecule has 2 aromatic heterocycles. The molecule has 2 fully saturated rings. The van der Waals surface area contributed by atoms with E-state index in [9.17, 15) is 0 Å². The summed E-state index contributed by atoms with van der Waals surface area (Å²) < 4.78 is 20.3. The normalized spacial score (nSPS) is 30.3. The Bertz CT molecular complexity index is 796. The third kappa shape index (κ3) is 2.93. The molecule has 0 aromatic carbocycles. The van der Waals surface area contributed by atoms with Crippen LogP contribution in [-0.2, 0) is 14.2 Å². The Labute approximate surface area is 150 Å². The number of anilines is 1. The first-order chi connectivity index (χ1) is 12.4. The van der Waals surface area contributed by atoms with Gasteiger partial charge in [0.15, 0.2) is 23.5 Å². The summed E-state index contributed by atoms with van der Waals surface area (Å²) in [6.45, 7) is 5.05. The summed E-state index contributed by atoms with van der Waals surface area (Å²) in [4.78, 5) is 14.6. The van der Waals surface area contributed by atoms with Gasteiger partial charge in [-0.3, -0.25) is 4.57 Å². The van der Waals surface area contributed by atoms with Crippen molar-refractivity contribution >= 4 is 17.0 Å². The lowest BCUT2D eigenvalue weighted by Gasteiger charge is -2.26. The molecule has 0 amide bonds. The number of likely N-dealkylation sites (N-methyl/N-ethyl adjacent to an activating group) is 1. The molecule has 2 aromatic rings. The molecule has 2 aliphatic rings. The lowest BCUT2D eigenvalue weighted by atomic mass is 10.1. The van der Waals surface area contributed by atoms with Crippen LogP contribution in [0.25, 0.3) is 11.2 Å². The van der Waals surface area contributed by atoms with Crippen LogP contribution in [0.5, 0.6) is 0 Å². The van der Waals surface area contributed by atoms with Gasteiger partial charge in [0, 0.05) is 13.1 Å². The van der Waals surface area contributed by atoms with Crippen LogP contribution in [0, 0.1) is 0 Å². The van der Waals surface area contributed by atoms with E-state index in [1.807, 2.05) is 30.4 Å². The molecule has 3 N–H and O–H groups in total. The number of hydrogen-bond donors (Lipinski definition) is 2. The van der Waals surface area contributed by atoms with Crippen LogP contribution in [0.15, 0.2) is 12.7 Å². The maximum atomic E-state index is 9.15. The topological polar surface area (TPSA) is 121 Å². The largest absolute Gasteiger partial charge is 0.395 e. The number of nitrogens with zero attached hydrogens (tertiary/aromatic N) is 5. The molecule has 2 aliphatic heterocycles. The second-order valence-electron chi connectivity index (χ2n) is 7.20. The summed E-state index contributed by atoms with van der Waals surface area (Å²) in [5.41, 5.74) is 7.02. The van der Waals surface area contributed by atoms with E-state index in [0.29, 0.717) is 30.1 Å². The minimum absolute atomic E-state index is 0.0892. The summed E-state index contributed by atoms with van der Waals surface area (Å²) in [5.74, 6) is -0.373. The summed E-state index contributed by atoms with van der Waals surface area (Å²) >= 11 is 0. The van der Waals surface area contributed by atoms with Crippen LogP contribution >= 0.6 is 0 Å². The van der Waals surface area contributed by atoms with Gasteiger partial charge in [0.05, 0.1) is 12.9 Å². The van der Waals surface area contributed by atoms with Crippen molar-refractivity contribution < 1.29 is 19.3 Å². The standard InChI is InChI=1S/C16H24N6O4/c1-16(2)25-11-9(6-21(3)4-5-23)24-15(12(11)26-16)22-8-20-10-13(17)18-7-19-14(10)22/h7-9,11-12,15,23H,4-6H2,1-3H3,(H2,17,18,19)/t9-,11-,12-,15?/m1/s1. The predicted octanol–water partition coefficient (Wildman–Crippen LogP) is -0.250. The van der Waals surface area contributed by atoms with Crippen molar-refractivity contribution in [1.82, 2.24) is 24.4 Å². The van der Waals surface area contributed by atoms with Gasteiger partial charge >= 0.3 is 0 Å². The molecule has 10 heteroatoms. The monoisotopic (exact) mass is 364 g/mol. The van der Waals surface area contributed by atoms with E-state index in [1.54, 1.807) is 6.33 Å². The molecule has 2 saturated heterocycles. The van der Waals surface area contributed by atoms with E-state index in [1.165, 1.54) is 6.33 Å². The van der Waals surface area contributed by atoms with Gasteiger partial charge in [-0.15, -0.1) is 0 Å². The Balaban J connectivity index is 1.66. The van der Waals surface area contributed by atoms with Gasteiger partial charge in [0.1, 0.15) is 30.2 Å². The van der Waals surface area contributed by atoms with Crippen molar-refractivity contribution in [2.24, 2.45) is 0 Å². The number of fused-ring (bicyclic) bond motifs is 2. The lowest BCUT2D eigenvalue weighted by molar-refractivity contribution is -0.197. The van der Waals surface area contributed by atoms with E-state index in [4.69, 9.17) is 25.1 Å². The molecule has 10 nitrogen and oxygen atoms in total. The van der Waals surface area contributed by atoms with Crippen LogP contribution in [0.3, 0.4) is 0 Å². The predicted molar refractivity (Wildman–Crippen MR) is 92.1 cm³/mol. The molecule has 0 aliphatic carbocycles. The van der Waals surface area contributed by atoms with Crippen molar-refractivity contribution in [3.05, 3.63) is 12.7 Å². The average Bonchev–Trinajstić information content (AvgIpc) is 3.21. The fraction of sp³-hybridized carbons (Fsp3) is 0.688. The average molecular weight is 364 g/mol. The fourth-order valence-corrected chi connectivity index (χ4v) is 3.66. The summed E-state index contributed by atoms with van der Waals surface area (Å²) in [5, 5.41) is 9.15. The molecule has 0 saturated carbocycles. The zero-order valence-electron chi connectivity index (χ0n) is 15.1. The van der Waals surface area contributed by atoms with E-state index in [-0.39, 0.29) is 24.9 Å². The van der Waals surface area contributed by atoms with Crippen molar-refractivity contribution in [2.45, 2.75) is 44.2 Å². The Hall–Kier alpha value is -1.85. The Morgan fingerprint density at radius 3 is 2.81 bits per heavy atom. The van der Waals surface area contributed by atoms with Gasteiger partial charge in [0.2, 0.25) is 0 Å². The SMILES string of the molecule is CN(CCO)C[C@H]1OC(n2cnc3c(N)ncnc32)[C@@H]2OC(C)(C)O[C@H]12. The number of imidazole rings is 1. The molecular formula is C16H24N6O4. The molecule has 0 spiro atoms. The van der Waals surface area contributed by atoms with E-state index >= 15 is 0 Å². The maximum absolute atomic E-state index is 9.15. The lowest BCUT2D eigenvalue weighted by Crippen LogP contribution is -2.39. The molecule has 4 atom stereocenters. The quantitative estimate of drug-likeness (QED) is 0.739. The minimum atomic E-state index is -0.699. The van der Waals surface area contributed by atoms with Crippen LogP contribution < -0.4 is 5.73 Å². The molecule has 4 rings (SSSR count). The summed E-state index contributed by atoms with van der Waals surface area (Å²) in [6.07, 6.45) is 1.88. The Morgan fingerprint density at radius 1 is 1.27 bits per heavy atom. The van der Waals surface area contributed by atoms with E-state index < -0.39 is 12.0 Å². The van der Waals surface area contributed by atoms with Crippen LogP contribution in [-0.4, -0.2) is 80.4 Å². The third-order valence-corrected chi connectivity index (χ3v) is 4.76. The number of nitrogen functional groups attached to an aromatic ring is 1. The first kappa shape index (κ1) is 17.6. The fourth-order valence-electron chi connectivity index (χ4n) is 3.66. The van der Waals surface area contributed by atoms with Gasteiger partial charge in [-0.25, -0.2) is 15.0 Å². The number of nitrogens with two attached hydrogens (primary N) is 1. The zero-order valence-corrected chi connectivity index (χ0v) is 15.1. The highest BCUT2D eigenvalue weighted by atomic mass is 16.8. The Kier molecular flexibility index (Phi) is 4.32. The molecule has 0 radical (unpaired) electrons. The first-order valence-corrected chi connectivity index (χ1v) is 8.63. The van der Waals surface area contributed by atoms with E-state index in [2.05, 4.69) is 15.0 Å². The van der Waals surface area contributed by atoms with Gasteiger partial charge < -0.3 is 30.0 Å². The molecule has 142 valence electrons. The summed E-state index contributed by atoms with van der Waals surface area (Å²) in [6, 6.07) is 0. The summed E-state index contributed by atoms with van der Waals surface area (Å²) in [7, 11) is 1.93. The van der Waals surface area contributed by atoms with Crippen LogP contribution in [0.1, 0.15) is 20.1 Å². The van der Waals surface area contributed by atoms with Gasteiger partial charge in [-0.05, 0) is 20.9 Å². The highest BCUT2D eigenvalue weighted by molar-refractivity contribution is 5.81. The van der Waals surface area contributed by atoms with Gasteiger partial charge in [-0.1, -0.05) is 0 Å². The van der Waals surface area contributed by atoms with Crippen molar-refractivity contribution in [2.75, 3.05) is 32.5 Å². The molecule has 1 unspecified atom stereocenters. The second-order valence-corrected chi connectivity index (χ2v) is 7.20. The first-order valence-electron chi connectivity index (χ1n) is 8.63. The van der Waals surface area contributed by atoms with Crippen molar-refractivity contribution in [3.63, 3.8) is 0 Å². The van der Waals surface area contributed by atoms with Gasteiger partial charge in [-0.2, -0.15) is 0 Å². The highest BCUT2D eigenvalue weighted by Crippen LogP contribution is 2.43. The maximum Gasteiger partial charge on any atom is 0.167 e. The van der Waals surface area contributed by atoms with Crippen molar-refractivity contribution in [1.29, 1.82) is 0 Å². The highest BCUT2D eigenvalue weighted by Gasteiger charge is 2.56. The number of ether oxygens (including phenoxy) is 3. The van der Waals surface area contributed by atoms with Crippen LogP contribution in [0.2, 0.25) is 0 Å². The molecule has 26 heavy (non-hydrogen) atoms. The molecular weight excluding hydrogens is 340 g/mol. The zero-order chi connectivity index (χ0) is 18.5. The molecule has 4 heterocycles. The van der Waals surface area contributed by atoms with E-state index in [0.717, 1.165) is 0 Å². The third-order valence-electron chi connectivity index (χ3n) is 4.76.